The topological polar surface area (TPSA) is 59.2 Å². The van der Waals surface area contributed by atoms with Crippen LogP contribution in [0, 0.1) is 11.8 Å². The van der Waals surface area contributed by atoms with Crippen molar-refractivity contribution in [3.05, 3.63) is 52.0 Å². The lowest BCUT2D eigenvalue weighted by Gasteiger charge is -2.16. The van der Waals surface area contributed by atoms with Gasteiger partial charge in [0.05, 0.1) is 29.9 Å². The SMILES string of the molecule is CN(Cc1cscn1)C(=O)c1ccccc1C#CCN. The highest BCUT2D eigenvalue weighted by Gasteiger charge is 2.15. The minimum absolute atomic E-state index is 0.0695. The first kappa shape index (κ1) is 14.3. The van der Waals surface area contributed by atoms with Gasteiger partial charge in [-0.1, -0.05) is 24.0 Å². The second-order valence-corrected chi connectivity index (χ2v) is 4.91. The van der Waals surface area contributed by atoms with E-state index in [0.29, 0.717) is 17.7 Å². The van der Waals surface area contributed by atoms with Gasteiger partial charge in [0.15, 0.2) is 0 Å². The van der Waals surface area contributed by atoms with Crippen molar-refractivity contribution < 1.29 is 4.79 Å². The van der Waals surface area contributed by atoms with Crippen molar-refractivity contribution in [2.24, 2.45) is 5.73 Å². The summed E-state index contributed by atoms with van der Waals surface area (Å²) < 4.78 is 0. The highest BCUT2D eigenvalue weighted by atomic mass is 32.1. The summed E-state index contributed by atoms with van der Waals surface area (Å²) in [5.41, 5.74) is 9.31. The van der Waals surface area contributed by atoms with Gasteiger partial charge in [0.25, 0.3) is 5.91 Å². The Kier molecular flexibility index (Phi) is 4.88. The van der Waals surface area contributed by atoms with E-state index in [4.69, 9.17) is 5.73 Å². The highest BCUT2D eigenvalue weighted by molar-refractivity contribution is 7.07. The fourth-order valence-corrected chi connectivity index (χ4v) is 2.31. The van der Waals surface area contributed by atoms with Crippen molar-refractivity contribution in [3.63, 3.8) is 0 Å². The Bertz CT molecular complexity index is 641. The molecule has 0 saturated carbocycles. The molecule has 2 aromatic rings. The van der Waals surface area contributed by atoms with Gasteiger partial charge in [-0.05, 0) is 12.1 Å². The van der Waals surface area contributed by atoms with Crippen LogP contribution in [0.15, 0.2) is 35.2 Å². The van der Waals surface area contributed by atoms with Gasteiger partial charge in [0, 0.05) is 18.0 Å². The van der Waals surface area contributed by atoms with E-state index in [1.807, 2.05) is 23.6 Å². The largest absolute Gasteiger partial charge is 0.336 e. The van der Waals surface area contributed by atoms with E-state index in [0.717, 1.165) is 5.69 Å². The molecule has 0 bridgehead atoms. The molecule has 1 aromatic carbocycles. The van der Waals surface area contributed by atoms with Crippen LogP contribution in [0.3, 0.4) is 0 Å². The van der Waals surface area contributed by atoms with E-state index in [1.54, 1.807) is 23.5 Å². The smallest absolute Gasteiger partial charge is 0.255 e. The Morgan fingerprint density at radius 1 is 1.45 bits per heavy atom. The molecule has 0 unspecified atom stereocenters. The van der Waals surface area contributed by atoms with Gasteiger partial charge >= 0.3 is 0 Å². The number of nitrogens with two attached hydrogens (primary N) is 1. The predicted octanol–water partition coefficient (Wildman–Crippen LogP) is 1.73. The van der Waals surface area contributed by atoms with Gasteiger partial charge in [-0.25, -0.2) is 4.98 Å². The summed E-state index contributed by atoms with van der Waals surface area (Å²) in [6.45, 7) is 0.762. The number of carbonyl (C=O) groups excluding carboxylic acids is 1. The number of amides is 1. The summed E-state index contributed by atoms with van der Waals surface area (Å²) >= 11 is 1.52. The maximum absolute atomic E-state index is 12.5. The Labute approximate surface area is 122 Å². The zero-order chi connectivity index (χ0) is 14.4. The number of aromatic nitrogens is 1. The summed E-state index contributed by atoms with van der Waals surface area (Å²) in [4.78, 5) is 18.3. The molecule has 5 heteroatoms. The highest BCUT2D eigenvalue weighted by Crippen LogP contribution is 2.12. The molecule has 4 nitrogen and oxygen atoms in total. The van der Waals surface area contributed by atoms with E-state index in [2.05, 4.69) is 16.8 Å². The summed E-state index contributed by atoms with van der Waals surface area (Å²) in [5, 5.41) is 1.93. The zero-order valence-corrected chi connectivity index (χ0v) is 12.0. The lowest BCUT2D eigenvalue weighted by Crippen LogP contribution is -2.27. The first-order valence-electron chi connectivity index (χ1n) is 6.13. The Morgan fingerprint density at radius 2 is 2.25 bits per heavy atom. The van der Waals surface area contributed by atoms with Gasteiger partial charge in [0.1, 0.15) is 0 Å². The molecule has 0 atom stereocenters. The third kappa shape index (κ3) is 3.44. The second-order valence-electron chi connectivity index (χ2n) is 4.19. The molecule has 2 N–H and O–H groups in total. The van der Waals surface area contributed by atoms with Crippen LogP contribution in [-0.4, -0.2) is 29.4 Å². The van der Waals surface area contributed by atoms with Crippen LogP contribution in [0.4, 0.5) is 0 Å². The van der Waals surface area contributed by atoms with E-state index in [1.165, 1.54) is 11.3 Å². The molecule has 1 aromatic heterocycles. The van der Waals surface area contributed by atoms with Crippen LogP contribution < -0.4 is 5.73 Å². The fourth-order valence-electron chi connectivity index (χ4n) is 1.76. The Morgan fingerprint density at radius 3 is 2.95 bits per heavy atom. The summed E-state index contributed by atoms with van der Waals surface area (Å²) in [6, 6.07) is 7.29. The number of nitrogens with zero attached hydrogens (tertiary/aromatic N) is 2. The minimum atomic E-state index is -0.0695. The number of hydrogen-bond donors (Lipinski definition) is 1. The molecule has 102 valence electrons. The van der Waals surface area contributed by atoms with Gasteiger partial charge in [-0.15, -0.1) is 11.3 Å². The normalized spacial score (nSPS) is 9.70. The van der Waals surface area contributed by atoms with Crippen molar-refractivity contribution in [1.82, 2.24) is 9.88 Å². The molecular formula is C15H15N3OS. The number of thiazole rings is 1. The van der Waals surface area contributed by atoms with Crippen LogP contribution in [0.5, 0.6) is 0 Å². The van der Waals surface area contributed by atoms with Crippen molar-refractivity contribution in [2.45, 2.75) is 6.54 Å². The number of benzene rings is 1. The molecule has 0 aliphatic carbocycles. The first-order valence-corrected chi connectivity index (χ1v) is 7.07. The number of rotatable bonds is 3. The van der Waals surface area contributed by atoms with Gasteiger partial charge < -0.3 is 10.6 Å². The third-order valence-corrected chi connectivity index (χ3v) is 3.35. The third-order valence-electron chi connectivity index (χ3n) is 2.71. The van der Waals surface area contributed by atoms with E-state index >= 15 is 0 Å². The monoisotopic (exact) mass is 285 g/mol. The average Bonchev–Trinajstić information content (AvgIpc) is 2.97. The molecule has 1 heterocycles. The fraction of sp³-hybridized carbons (Fsp3) is 0.200. The lowest BCUT2D eigenvalue weighted by molar-refractivity contribution is 0.0783. The van der Waals surface area contributed by atoms with Crippen molar-refractivity contribution in [2.75, 3.05) is 13.6 Å². The van der Waals surface area contributed by atoms with Crippen molar-refractivity contribution >= 4 is 17.2 Å². The van der Waals surface area contributed by atoms with E-state index < -0.39 is 0 Å². The molecule has 1 amide bonds. The van der Waals surface area contributed by atoms with Crippen LogP contribution in [0.2, 0.25) is 0 Å². The molecule has 0 aliphatic rings. The molecular weight excluding hydrogens is 270 g/mol. The van der Waals surface area contributed by atoms with Crippen LogP contribution in [0.1, 0.15) is 21.6 Å². The summed E-state index contributed by atoms with van der Waals surface area (Å²) in [6.07, 6.45) is 0. The maximum Gasteiger partial charge on any atom is 0.255 e. The molecule has 2 rings (SSSR count). The minimum Gasteiger partial charge on any atom is -0.336 e. The van der Waals surface area contributed by atoms with Crippen LogP contribution in [-0.2, 0) is 6.54 Å². The quantitative estimate of drug-likeness (QED) is 0.874. The summed E-state index contributed by atoms with van der Waals surface area (Å²) in [5.74, 6) is 5.64. The van der Waals surface area contributed by atoms with Crippen LogP contribution >= 0.6 is 11.3 Å². The van der Waals surface area contributed by atoms with Gasteiger partial charge in [-0.2, -0.15) is 0 Å². The van der Waals surface area contributed by atoms with Crippen LogP contribution in [0.25, 0.3) is 0 Å². The van der Waals surface area contributed by atoms with E-state index in [9.17, 15) is 4.79 Å². The molecule has 0 fully saturated rings. The standard InChI is InChI=1S/C15H15N3OS/c1-18(9-13-10-20-11-17-13)15(19)14-7-3-2-5-12(14)6-4-8-16/h2-3,5,7,10-11H,8-9,16H2,1H3. The average molecular weight is 285 g/mol. The van der Waals surface area contributed by atoms with E-state index in [-0.39, 0.29) is 12.5 Å². The van der Waals surface area contributed by atoms with Gasteiger partial charge in [0.2, 0.25) is 0 Å². The molecule has 0 spiro atoms. The molecule has 0 radical (unpaired) electrons. The maximum atomic E-state index is 12.5. The number of hydrogen-bond acceptors (Lipinski definition) is 4. The summed E-state index contributed by atoms with van der Waals surface area (Å²) in [7, 11) is 1.76. The molecule has 0 saturated heterocycles. The van der Waals surface area contributed by atoms with Crippen molar-refractivity contribution in [3.8, 4) is 11.8 Å². The Balaban J connectivity index is 2.20. The number of carbonyl (C=O) groups is 1. The second kappa shape index (κ2) is 6.85. The zero-order valence-electron chi connectivity index (χ0n) is 11.2. The first-order chi connectivity index (χ1) is 9.72. The predicted molar refractivity (Wildman–Crippen MR) is 80.3 cm³/mol. The van der Waals surface area contributed by atoms with Gasteiger partial charge in [-0.3, -0.25) is 4.79 Å². The molecule has 0 aliphatic heterocycles. The Hall–Kier alpha value is -2.16. The van der Waals surface area contributed by atoms with Crippen molar-refractivity contribution in [1.29, 1.82) is 0 Å². The molecule has 20 heavy (non-hydrogen) atoms. The lowest BCUT2D eigenvalue weighted by atomic mass is 10.1.